The van der Waals surface area contributed by atoms with Crippen molar-refractivity contribution in [2.45, 2.75) is 20.0 Å². The highest BCUT2D eigenvalue weighted by atomic mass is 19.1. The number of anilines is 1. The summed E-state index contributed by atoms with van der Waals surface area (Å²) in [4.78, 5) is 18.8. The van der Waals surface area contributed by atoms with Gasteiger partial charge in [0.1, 0.15) is 6.10 Å². The van der Waals surface area contributed by atoms with Gasteiger partial charge in [0.2, 0.25) is 0 Å². The summed E-state index contributed by atoms with van der Waals surface area (Å²) in [6.07, 6.45) is 12.0. The molecule has 8 heteroatoms. The Hall–Kier alpha value is -3.55. The van der Waals surface area contributed by atoms with Crippen LogP contribution in [0.1, 0.15) is 19.4 Å². The van der Waals surface area contributed by atoms with Crippen LogP contribution in [0.25, 0.3) is 18.4 Å². The standard InChI is InChI=1S/C24H26FN5O2/c1-13-11-30-12-16-3-5-20-23(29-16)18(7-22(30)26)15(9-28-20)8-27-10-19-14(2)21(31)6-4-17(19)24(25)32-13/h3-9,13-14,19,27,29H,10-12,26H2,1-2H3/b15-8?,22-7?,24-17-/t13-,14?,19?/m1/s1. The van der Waals surface area contributed by atoms with Gasteiger partial charge in [0.05, 0.1) is 29.9 Å². The Morgan fingerprint density at radius 2 is 2.12 bits per heavy atom. The molecule has 4 N–H and O–H groups in total. The molecule has 2 unspecified atom stereocenters. The molecule has 166 valence electrons. The molecule has 1 aromatic rings. The predicted molar refractivity (Wildman–Crippen MR) is 121 cm³/mol. The van der Waals surface area contributed by atoms with Crippen molar-refractivity contribution in [2.75, 3.05) is 25.0 Å². The smallest absolute Gasteiger partial charge is 0.276 e. The molecule has 0 fully saturated rings. The Morgan fingerprint density at radius 3 is 2.97 bits per heavy atom. The van der Waals surface area contributed by atoms with Crippen LogP contribution in [0, 0.1) is 11.8 Å². The van der Waals surface area contributed by atoms with E-state index in [2.05, 4.69) is 15.6 Å². The van der Waals surface area contributed by atoms with Crippen molar-refractivity contribution < 1.29 is 13.9 Å². The Bertz CT molecular complexity index is 1230. The molecule has 0 saturated carbocycles. The molecule has 0 saturated heterocycles. The van der Waals surface area contributed by atoms with Gasteiger partial charge in [0, 0.05) is 52.8 Å². The zero-order chi connectivity index (χ0) is 22.4. The van der Waals surface area contributed by atoms with E-state index in [0.29, 0.717) is 31.0 Å². The van der Waals surface area contributed by atoms with Crippen molar-refractivity contribution in [1.82, 2.24) is 15.2 Å². The largest absolute Gasteiger partial charge is 0.466 e. The number of ether oxygens (including phenoxy) is 1. The first-order valence-electron chi connectivity index (χ1n) is 10.8. The average molecular weight is 436 g/mol. The zero-order valence-electron chi connectivity index (χ0n) is 18.1. The number of nitrogens with two attached hydrogens (primary N) is 1. The van der Waals surface area contributed by atoms with E-state index in [1.54, 1.807) is 6.20 Å². The first kappa shape index (κ1) is 20.4. The van der Waals surface area contributed by atoms with Crippen LogP contribution < -0.4 is 26.9 Å². The monoisotopic (exact) mass is 435 g/mol. The molecule has 0 amide bonds. The number of fused-ring (bicyclic) bond motifs is 3. The van der Waals surface area contributed by atoms with E-state index >= 15 is 4.39 Å². The highest BCUT2D eigenvalue weighted by molar-refractivity contribution is 5.94. The number of nitrogens with one attached hydrogen (secondary N) is 2. The van der Waals surface area contributed by atoms with Gasteiger partial charge in [-0.25, -0.2) is 0 Å². The lowest BCUT2D eigenvalue weighted by Crippen LogP contribution is -2.40. The maximum atomic E-state index is 15.2. The number of aromatic nitrogens is 1. The number of pyridine rings is 1. The third-order valence-electron chi connectivity index (χ3n) is 6.41. The molecule has 0 radical (unpaired) electrons. The summed E-state index contributed by atoms with van der Waals surface area (Å²) in [6.45, 7) is 4.95. The lowest BCUT2D eigenvalue weighted by Gasteiger charge is -2.33. The molecular formula is C24H26FN5O2. The van der Waals surface area contributed by atoms with E-state index in [9.17, 15) is 4.79 Å². The number of ketones is 1. The minimum absolute atomic E-state index is 0.0195. The second kappa shape index (κ2) is 7.85. The Balaban J connectivity index is 1.66. The van der Waals surface area contributed by atoms with Crippen molar-refractivity contribution >= 4 is 29.8 Å². The van der Waals surface area contributed by atoms with Crippen LogP contribution >= 0.6 is 0 Å². The minimum atomic E-state index is -0.649. The summed E-state index contributed by atoms with van der Waals surface area (Å²) in [5.41, 5.74) is 9.69. The van der Waals surface area contributed by atoms with Gasteiger partial charge >= 0.3 is 0 Å². The molecule has 5 rings (SSSR count). The summed E-state index contributed by atoms with van der Waals surface area (Å²) >= 11 is 0. The quantitative estimate of drug-likeness (QED) is 0.561. The van der Waals surface area contributed by atoms with Gasteiger partial charge in [-0.2, -0.15) is 4.39 Å². The fourth-order valence-corrected chi connectivity index (χ4v) is 4.56. The number of rotatable bonds is 0. The second-order valence-electron chi connectivity index (χ2n) is 8.66. The Labute approximate surface area is 185 Å². The van der Waals surface area contributed by atoms with E-state index in [4.69, 9.17) is 10.5 Å². The van der Waals surface area contributed by atoms with Gasteiger partial charge in [-0.1, -0.05) is 6.92 Å². The highest BCUT2D eigenvalue weighted by Crippen LogP contribution is 2.31. The molecule has 1 aliphatic carbocycles. The number of carbonyl (C=O) groups excluding carboxylic acids is 1. The van der Waals surface area contributed by atoms with Crippen LogP contribution in [0.2, 0.25) is 0 Å². The second-order valence-corrected chi connectivity index (χ2v) is 8.66. The molecule has 0 aromatic carbocycles. The number of hydrogen-bond acceptors (Lipinski definition) is 7. The molecule has 0 spiro atoms. The highest BCUT2D eigenvalue weighted by Gasteiger charge is 2.32. The normalized spacial score (nSPS) is 29.0. The molecule has 3 atom stereocenters. The van der Waals surface area contributed by atoms with Gasteiger partial charge in [-0.05, 0) is 37.3 Å². The summed E-state index contributed by atoms with van der Waals surface area (Å²) in [5.74, 6) is -0.153. The number of hydrogen-bond donors (Lipinski definition) is 3. The summed E-state index contributed by atoms with van der Waals surface area (Å²) < 4.78 is 20.9. The van der Waals surface area contributed by atoms with E-state index in [-0.39, 0.29) is 17.6 Å². The van der Waals surface area contributed by atoms with Crippen LogP contribution in [-0.4, -0.2) is 41.4 Å². The molecule has 4 heterocycles. The fraction of sp³-hybridized carbons (Fsp3) is 0.333. The maximum Gasteiger partial charge on any atom is 0.276 e. The zero-order valence-corrected chi connectivity index (χ0v) is 18.1. The van der Waals surface area contributed by atoms with Gasteiger partial charge in [-0.15, -0.1) is 0 Å². The first-order valence-corrected chi connectivity index (χ1v) is 10.8. The van der Waals surface area contributed by atoms with Crippen LogP contribution in [0.3, 0.4) is 0 Å². The van der Waals surface area contributed by atoms with Crippen molar-refractivity contribution in [3.8, 4) is 0 Å². The lowest BCUT2D eigenvalue weighted by molar-refractivity contribution is -0.119. The topological polar surface area (TPSA) is 92.5 Å². The molecule has 7 nitrogen and oxygen atoms in total. The lowest BCUT2D eigenvalue weighted by atomic mass is 9.80. The number of halogens is 1. The third kappa shape index (κ3) is 3.55. The van der Waals surface area contributed by atoms with Crippen LogP contribution in [0.5, 0.6) is 0 Å². The molecule has 3 aliphatic heterocycles. The van der Waals surface area contributed by atoms with Gasteiger partial charge in [-0.3, -0.25) is 9.78 Å². The van der Waals surface area contributed by atoms with E-state index in [1.165, 1.54) is 12.2 Å². The number of nitrogens with zero attached hydrogens (tertiary/aromatic N) is 2. The van der Waals surface area contributed by atoms with Crippen molar-refractivity contribution in [3.63, 3.8) is 0 Å². The summed E-state index contributed by atoms with van der Waals surface area (Å²) in [7, 11) is 0. The number of allylic oxidation sites excluding steroid dienone is 3. The maximum absolute atomic E-state index is 15.2. The Kier molecular flexibility index (Phi) is 5.00. The van der Waals surface area contributed by atoms with E-state index in [0.717, 1.165) is 27.5 Å². The van der Waals surface area contributed by atoms with Crippen LogP contribution in [0.4, 0.5) is 10.1 Å². The SMILES string of the molecule is CC1C(=O)C=C/C2=C(\F)O[C@H](C)CN3CC4=CC=c5ncc(c(c5N4)C=C3N)=CNCC21. The molecule has 4 aliphatic rings. The molecule has 4 bridgehead atoms. The molecular weight excluding hydrogens is 409 g/mol. The van der Waals surface area contributed by atoms with Crippen molar-refractivity contribution in [2.24, 2.45) is 17.6 Å². The molecule has 32 heavy (non-hydrogen) atoms. The van der Waals surface area contributed by atoms with Crippen molar-refractivity contribution in [3.05, 3.63) is 63.7 Å². The summed E-state index contributed by atoms with van der Waals surface area (Å²) in [5, 5.41) is 8.45. The predicted octanol–water partition coefficient (Wildman–Crippen LogP) is 1.06. The average Bonchev–Trinajstić information content (AvgIpc) is 2.75. The van der Waals surface area contributed by atoms with Crippen LogP contribution in [-0.2, 0) is 9.53 Å². The van der Waals surface area contributed by atoms with Gasteiger partial charge in [0.15, 0.2) is 5.78 Å². The fourth-order valence-electron chi connectivity index (χ4n) is 4.56. The van der Waals surface area contributed by atoms with E-state index < -0.39 is 12.1 Å². The minimum Gasteiger partial charge on any atom is -0.466 e. The summed E-state index contributed by atoms with van der Waals surface area (Å²) in [6, 6.07) is -0.649. The number of carbonyl (C=O) groups is 1. The van der Waals surface area contributed by atoms with Crippen molar-refractivity contribution in [1.29, 1.82) is 0 Å². The Morgan fingerprint density at radius 1 is 1.28 bits per heavy atom. The first-order chi connectivity index (χ1) is 15.4. The van der Waals surface area contributed by atoms with Gasteiger partial charge < -0.3 is 26.0 Å². The van der Waals surface area contributed by atoms with Crippen LogP contribution in [0.15, 0.2) is 47.5 Å². The van der Waals surface area contributed by atoms with Gasteiger partial charge in [0.25, 0.3) is 6.01 Å². The third-order valence-corrected chi connectivity index (χ3v) is 6.41. The molecule has 1 aromatic heterocycles. The van der Waals surface area contributed by atoms with E-state index in [1.807, 2.05) is 43.2 Å².